The molecule has 0 aliphatic rings. The second kappa shape index (κ2) is 6.76. The van der Waals surface area contributed by atoms with Gasteiger partial charge in [0.15, 0.2) is 0 Å². The standard InChI is InChI=1S/C19H19N3O3S/c1-12-4-9-18-14(10-12)11-17(13(2)20-18)19(23)21-15-5-7-16(8-6-15)22-26(3,24)25/h4-11,22H,1-3H3,(H,21,23). The van der Waals surface area contributed by atoms with E-state index in [1.165, 1.54) is 0 Å². The SMILES string of the molecule is Cc1ccc2nc(C)c(C(=O)Nc3ccc(NS(C)(=O)=O)cc3)cc2c1. The summed E-state index contributed by atoms with van der Waals surface area (Å²) in [4.78, 5) is 17.1. The van der Waals surface area contributed by atoms with Crippen molar-refractivity contribution in [2.45, 2.75) is 13.8 Å². The van der Waals surface area contributed by atoms with Crippen molar-refractivity contribution >= 4 is 38.2 Å². The van der Waals surface area contributed by atoms with Crippen molar-refractivity contribution in [1.29, 1.82) is 0 Å². The largest absolute Gasteiger partial charge is 0.322 e. The van der Waals surface area contributed by atoms with E-state index in [-0.39, 0.29) is 5.91 Å². The topological polar surface area (TPSA) is 88.2 Å². The van der Waals surface area contributed by atoms with Crippen LogP contribution in [0.15, 0.2) is 48.5 Å². The average Bonchev–Trinajstić information content (AvgIpc) is 2.55. The molecule has 0 aliphatic carbocycles. The summed E-state index contributed by atoms with van der Waals surface area (Å²) in [6.07, 6.45) is 1.08. The van der Waals surface area contributed by atoms with Crippen molar-refractivity contribution in [3.8, 4) is 0 Å². The van der Waals surface area contributed by atoms with Crippen LogP contribution in [0, 0.1) is 13.8 Å². The second-order valence-corrected chi connectivity index (χ2v) is 7.97. The number of anilines is 2. The van der Waals surface area contributed by atoms with Gasteiger partial charge < -0.3 is 5.32 Å². The Kier molecular flexibility index (Phi) is 4.65. The molecule has 0 spiro atoms. The molecule has 26 heavy (non-hydrogen) atoms. The maximum atomic E-state index is 12.6. The summed E-state index contributed by atoms with van der Waals surface area (Å²) in [6.45, 7) is 3.79. The number of aryl methyl sites for hydroxylation is 2. The van der Waals surface area contributed by atoms with Crippen LogP contribution in [-0.2, 0) is 10.0 Å². The number of aromatic nitrogens is 1. The normalized spacial score (nSPS) is 11.3. The van der Waals surface area contributed by atoms with Crippen molar-refractivity contribution < 1.29 is 13.2 Å². The van der Waals surface area contributed by atoms with Gasteiger partial charge in [-0.25, -0.2) is 8.42 Å². The molecular weight excluding hydrogens is 350 g/mol. The van der Waals surface area contributed by atoms with Gasteiger partial charge in [0.05, 0.1) is 23.0 Å². The summed E-state index contributed by atoms with van der Waals surface area (Å²) >= 11 is 0. The maximum absolute atomic E-state index is 12.6. The van der Waals surface area contributed by atoms with Crippen molar-refractivity contribution in [3.63, 3.8) is 0 Å². The van der Waals surface area contributed by atoms with Gasteiger partial charge in [-0.1, -0.05) is 11.6 Å². The molecule has 2 aromatic carbocycles. The molecular formula is C19H19N3O3S. The van der Waals surface area contributed by atoms with E-state index >= 15 is 0 Å². The minimum atomic E-state index is -3.33. The van der Waals surface area contributed by atoms with Gasteiger partial charge in [0.2, 0.25) is 10.0 Å². The summed E-state index contributed by atoms with van der Waals surface area (Å²) < 4.78 is 24.8. The molecule has 0 fully saturated rings. The van der Waals surface area contributed by atoms with Gasteiger partial charge in [0.25, 0.3) is 5.91 Å². The average molecular weight is 369 g/mol. The van der Waals surface area contributed by atoms with E-state index in [2.05, 4.69) is 15.0 Å². The second-order valence-electron chi connectivity index (χ2n) is 6.22. The fourth-order valence-electron chi connectivity index (χ4n) is 2.66. The Morgan fingerprint density at radius 2 is 1.62 bits per heavy atom. The van der Waals surface area contributed by atoms with Gasteiger partial charge in [0.1, 0.15) is 0 Å². The molecule has 2 N–H and O–H groups in total. The first-order valence-corrected chi connectivity index (χ1v) is 9.88. The van der Waals surface area contributed by atoms with E-state index in [0.717, 1.165) is 22.7 Å². The number of amides is 1. The summed E-state index contributed by atoms with van der Waals surface area (Å²) in [5, 5.41) is 3.72. The monoisotopic (exact) mass is 369 g/mol. The molecule has 0 bridgehead atoms. The fraction of sp³-hybridized carbons (Fsp3) is 0.158. The lowest BCUT2D eigenvalue weighted by Crippen LogP contribution is -2.14. The number of fused-ring (bicyclic) bond motifs is 1. The summed E-state index contributed by atoms with van der Waals surface area (Å²) in [5.74, 6) is -0.262. The number of nitrogens with one attached hydrogen (secondary N) is 2. The molecule has 134 valence electrons. The van der Waals surface area contributed by atoms with Crippen LogP contribution >= 0.6 is 0 Å². The van der Waals surface area contributed by atoms with Gasteiger partial charge in [-0.2, -0.15) is 0 Å². The molecule has 3 rings (SSSR count). The number of sulfonamides is 1. The van der Waals surface area contributed by atoms with Crippen LogP contribution in [0.1, 0.15) is 21.6 Å². The molecule has 0 atom stereocenters. The number of carbonyl (C=O) groups excluding carboxylic acids is 1. The van der Waals surface area contributed by atoms with Crippen LogP contribution in [0.5, 0.6) is 0 Å². The quantitative estimate of drug-likeness (QED) is 0.737. The predicted molar refractivity (Wildman–Crippen MR) is 104 cm³/mol. The molecule has 0 saturated carbocycles. The fourth-order valence-corrected chi connectivity index (χ4v) is 3.22. The van der Waals surface area contributed by atoms with Crippen molar-refractivity contribution in [2.24, 2.45) is 0 Å². The lowest BCUT2D eigenvalue weighted by Gasteiger charge is -2.10. The number of benzene rings is 2. The van der Waals surface area contributed by atoms with Crippen LogP contribution < -0.4 is 10.0 Å². The van der Waals surface area contributed by atoms with Gasteiger partial charge in [0, 0.05) is 16.8 Å². The van der Waals surface area contributed by atoms with Gasteiger partial charge in [-0.05, 0) is 56.3 Å². The Balaban J connectivity index is 1.83. The molecule has 3 aromatic rings. The molecule has 1 heterocycles. The Bertz CT molecular complexity index is 1090. The number of pyridine rings is 1. The molecule has 1 amide bonds. The highest BCUT2D eigenvalue weighted by Gasteiger charge is 2.12. The molecule has 6 nitrogen and oxygen atoms in total. The first kappa shape index (κ1) is 17.9. The predicted octanol–water partition coefficient (Wildman–Crippen LogP) is 3.48. The Morgan fingerprint density at radius 3 is 2.27 bits per heavy atom. The van der Waals surface area contributed by atoms with Crippen LogP contribution in [0.3, 0.4) is 0 Å². The summed E-state index contributed by atoms with van der Waals surface area (Å²) in [6, 6.07) is 14.2. The maximum Gasteiger partial charge on any atom is 0.257 e. The molecule has 0 radical (unpaired) electrons. The van der Waals surface area contributed by atoms with Gasteiger partial charge in [-0.3, -0.25) is 14.5 Å². The molecule has 0 aliphatic heterocycles. The lowest BCUT2D eigenvalue weighted by atomic mass is 10.1. The highest BCUT2D eigenvalue weighted by atomic mass is 32.2. The number of rotatable bonds is 4. The Labute approximate surface area is 152 Å². The minimum Gasteiger partial charge on any atom is -0.322 e. The third-order valence-electron chi connectivity index (χ3n) is 3.85. The highest BCUT2D eigenvalue weighted by molar-refractivity contribution is 7.92. The molecule has 0 unspecified atom stereocenters. The van der Waals surface area contributed by atoms with Gasteiger partial charge >= 0.3 is 0 Å². The van der Waals surface area contributed by atoms with E-state index in [9.17, 15) is 13.2 Å². The van der Waals surface area contributed by atoms with Crippen LogP contribution in [-0.4, -0.2) is 25.6 Å². The van der Waals surface area contributed by atoms with Gasteiger partial charge in [-0.15, -0.1) is 0 Å². The molecule has 1 aromatic heterocycles. The zero-order chi connectivity index (χ0) is 18.9. The number of hydrogen-bond acceptors (Lipinski definition) is 4. The Morgan fingerprint density at radius 1 is 0.962 bits per heavy atom. The van der Waals surface area contributed by atoms with Crippen LogP contribution in [0.4, 0.5) is 11.4 Å². The smallest absolute Gasteiger partial charge is 0.257 e. The zero-order valence-electron chi connectivity index (χ0n) is 14.7. The number of carbonyl (C=O) groups is 1. The van der Waals surface area contributed by atoms with Crippen LogP contribution in [0.2, 0.25) is 0 Å². The van der Waals surface area contributed by atoms with E-state index < -0.39 is 10.0 Å². The highest BCUT2D eigenvalue weighted by Crippen LogP contribution is 2.20. The van der Waals surface area contributed by atoms with E-state index in [4.69, 9.17) is 0 Å². The summed E-state index contributed by atoms with van der Waals surface area (Å²) in [5.41, 5.74) is 4.10. The third-order valence-corrected chi connectivity index (χ3v) is 4.46. The van der Waals surface area contributed by atoms with E-state index in [1.54, 1.807) is 31.2 Å². The van der Waals surface area contributed by atoms with E-state index in [0.29, 0.717) is 22.6 Å². The third kappa shape index (κ3) is 4.18. The first-order chi connectivity index (χ1) is 12.2. The van der Waals surface area contributed by atoms with Crippen molar-refractivity contribution in [1.82, 2.24) is 4.98 Å². The first-order valence-electron chi connectivity index (χ1n) is 7.98. The Hall–Kier alpha value is -2.93. The summed E-state index contributed by atoms with van der Waals surface area (Å²) in [7, 11) is -3.33. The van der Waals surface area contributed by atoms with Crippen LogP contribution in [0.25, 0.3) is 10.9 Å². The number of nitrogens with zero attached hydrogens (tertiary/aromatic N) is 1. The minimum absolute atomic E-state index is 0.262. The van der Waals surface area contributed by atoms with Crippen molar-refractivity contribution in [2.75, 3.05) is 16.3 Å². The number of hydrogen-bond donors (Lipinski definition) is 2. The lowest BCUT2D eigenvalue weighted by molar-refractivity contribution is 0.102. The zero-order valence-corrected chi connectivity index (χ0v) is 15.5. The van der Waals surface area contributed by atoms with E-state index in [1.807, 2.05) is 31.2 Å². The van der Waals surface area contributed by atoms with Crippen molar-refractivity contribution in [3.05, 3.63) is 65.4 Å². The molecule has 0 saturated heterocycles. The molecule has 7 heteroatoms.